The Morgan fingerprint density at radius 3 is 2.48 bits per heavy atom. The molecule has 0 N–H and O–H groups in total. The van der Waals surface area contributed by atoms with Crippen LogP contribution in [0.1, 0.15) is 34.3 Å². The Balaban J connectivity index is 1.40. The lowest BCUT2D eigenvalue weighted by Crippen LogP contribution is -2.53. The zero-order valence-electron chi connectivity index (χ0n) is 17.8. The van der Waals surface area contributed by atoms with Crippen molar-refractivity contribution in [2.75, 3.05) is 6.54 Å². The fraction of sp³-hybridized carbons (Fsp3) is 0.296. The fourth-order valence-electron chi connectivity index (χ4n) is 7.06. The summed E-state index contributed by atoms with van der Waals surface area (Å²) in [4.78, 5) is 45.2. The number of imide groups is 1. The first kappa shape index (κ1) is 19.1. The molecule has 4 aliphatic rings. The van der Waals surface area contributed by atoms with Crippen LogP contribution in [0.2, 0.25) is 0 Å². The minimum Gasteiger partial charge on any atom is -0.292 e. The van der Waals surface area contributed by atoms with E-state index in [1.807, 2.05) is 36.4 Å². The van der Waals surface area contributed by atoms with Gasteiger partial charge in [0, 0.05) is 11.6 Å². The van der Waals surface area contributed by atoms with E-state index in [9.17, 15) is 18.8 Å². The number of Topliss-reactive ketones (excluding diaryl/α,β-unsaturated/α-hetero) is 1. The maximum atomic E-state index is 14.2. The van der Waals surface area contributed by atoms with E-state index in [-0.39, 0.29) is 36.0 Å². The monoisotopic (exact) mass is 440 g/mol. The molecule has 5 nitrogen and oxygen atoms in total. The Labute approximate surface area is 189 Å². The number of ketones is 1. The van der Waals surface area contributed by atoms with Gasteiger partial charge in [-0.1, -0.05) is 48.5 Å². The molecular formula is C27H21FN2O3. The van der Waals surface area contributed by atoms with E-state index >= 15 is 0 Å². The molecule has 1 aliphatic carbocycles. The summed E-state index contributed by atoms with van der Waals surface area (Å²) >= 11 is 0. The van der Waals surface area contributed by atoms with Crippen LogP contribution in [0.5, 0.6) is 0 Å². The highest BCUT2D eigenvalue weighted by atomic mass is 19.1. The van der Waals surface area contributed by atoms with Crippen LogP contribution in [0.3, 0.4) is 0 Å². The number of halogens is 1. The molecule has 3 fully saturated rings. The Kier molecular flexibility index (Phi) is 3.68. The number of carbonyl (C=O) groups is 3. The Hall–Kier alpha value is -3.38. The highest BCUT2D eigenvalue weighted by molar-refractivity contribution is 6.23. The summed E-state index contributed by atoms with van der Waals surface area (Å²) < 4.78 is 13.4. The second-order valence-corrected chi connectivity index (χ2v) is 9.60. The molecule has 2 amide bonds. The Morgan fingerprint density at radius 1 is 0.939 bits per heavy atom. The molecule has 164 valence electrons. The minimum absolute atomic E-state index is 0.0570. The quantitative estimate of drug-likeness (QED) is 0.571. The van der Waals surface area contributed by atoms with E-state index in [2.05, 4.69) is 4.90 Å². The summed E-state index contributed by atoms with van der Waals surface area (Å²) in [6.45, 7) is 0.797. The molecule has 4 atom stereocenters. The maximum absolute atomic E-state index is 14.2. The van der Waals surface area contributed by atoms with Crippen molar-refractivity contribution in [3.8, 4) is 0 Å². The van der Waals surface area contributed by atoms with Gasteiger partial charge in [-0.2, -0.15) is 0 Å². The van der Waals surface area contributed by atoms with Gasteiger partial charge in [-0.25, -0.2) is 4.39 Å². The lowest BCUT2D eigenvalue weighted by molar-refractivity contribution is -0.142. The number of carbonyl (C=O) groups excluding carboxylic acids is 3. The number of hydrogen-bond donors (Lipinski definition) is 0. The third kappa shape index (κ3) is 2.17. The first-order valence-electron chi connectivity index (χ1n) is 11.5. The highest BCUT2D eigenvalue weighted by Crippen LogP contribution is 2.61. The molecule has 3 saturated heterocycles. The van der Waals surface area contributed by atoms with Gasteiger partial charge in [-0.3, -0.25) is 24.2 Å². The lowest BCUT2D eigenvalue weighted by Gasteiger charge is -2.38. The topological polar surface area (TPSA) is 57.7 Å². The number of amides is 2. The smallest absolute Gasteiger partial charge is 0.236 e. The van der Waals surface area contributed by atoms with E-state index in [1.165, 1.54) is 17.0 Å². The molecule has 0 bridgehead atoms. The van der Waals surface area contributed by atoms with Gasteiger partial charge in [0.1, 0.15) is 11.4 Å². The summed E-state index contributed by atoms with van der Waals surface area (Å²) in [6.07, 6.45) is 1.70. The van der Waals surface area contributed by atoms with Crippen LogP contribution >= 0.6 is 0 Å². The van der Waals surface area contributed by atoms with Gasteiger partial charge in [-0.15, -0.1) is 0 Å². The first-order chi connectivity index (χ1) is 16.0. The standard InChI is InChI=1S/C27H21FN2O3/c28-17-11-9-15(10-12-17)14-29-25(32)22-20-8-3-13-30(20)27(23(22)26(29)33)19-7-2-5-16-4-1-6-18(21(16)19)24(27)31/h1-2,4-7,9-12,20,22-23H,3,8,13-14H2/t20-,22+,23-,27+/m0/s1. The maximum Gasteiger partial charge on any atom is 0.236 e. The SMILES string of the molecule is O=C1[C@H]2[C@@H](C(=O)N1Cc1ccc(F)cc1)[C@]1(C(=O)c3cccc4cccc1c34)N1CCC[C@@H]21. The van der Waals surface area contributed by atoms with Crippen LogP contribution in [-0.4, -0.2) is 40.0 Å². The Bertz CT molecular complexity index is 1380. The molecule has 3 aromatic carbocycles. The van der Waals surface area contributed by atoms with Gasteiger partial charge in [0.2, 0.25) is 11.8 Å². The first-order valence-corrected chi connectivity index (χ1v) is 11.5. The van der Waals surface area contributed by atoms with Gasteiger partial charge in [-0.05, 0) is 53.4 Å². The molecule has 0 aromatic heterocycles. The largest absolute Gasteiger partial charge is 0.292 e. The molecule has 3 heterocycles. The van der Waals surface area contributed by atoms with Crippen LogP contribution in [0.25, 0.3) is 10.8 Å². The molecule has 3 aliphatic heterocycles. The van der Waals surface area contributed by atoms with E-state index in [4.69, 9.17) is 0 Å². The molecule has 0 radical (unpaired) electrons. The van der Waals surface area contributed by atoms with Gasteiger partial charge >= 0.3 is 0 Å². The predicted molar refractivity (Wildman–Crippen MR) is 119 cm³/mol. The minimum atomic E-state index is -1.13. The average molecular weight is 440 g/mol. The number of rotatable bonds is 2. The summed E-state index contributed by atoms with van der Waals surface area (Å²) in [5.41, 5.74) is 1.08. The van der Waals surface area contributed by atoms with Crippen molar-refractivity contribution in [2.45, 2.75) is 31.0 Å². The molecule has 33 heavy (non-hydrogen) atoms. The number of hydrogen-bond acceptors (Lipinski definition) is 4. The number of nitrogens with zero attached hydrogens (tertiary/aromatic N) is 2. The number of likely N-dealkylation sites (tertiary alicyclic amines) is 1. The second-order valence-electron chi connectivity index (χ2n) is 9.60. The van der Waals surface area contributed by atoms with Crippen LogP contribution in [0, 0.1) is 17.7 Å². The van der Waals surface area contributed by atoms with Crippen LogP contribution in [0.15, 0.2) is 60.7 Å². The summed E-state index contributed by atoms with van der Waals surface area (Å²) in [6, 6.07) is 17.4. The summed E-state index contributed by atoms with van der Waals surface area (Å²) in [5, 5.41) is 1.89. The fourth-order valence-corrected chi connectivity index (χ4v) is 7.06. The highest BCUT2D eigenvalue weighted by Gasteiger charge is 2.74. The van der Waals surface area contributed by atoms with Crippen molar-refractivity contribution in [1.82, 2.24) is 9.80 Å². The van der Waals surface area contributed by atoms with E-state index in [0.29, 0.717) is 17.7 Å². The van der Waals surface area contributed by atoms with E-state index < -0.39 is 17.4 Å². The zero-order chi connectivity index (χ0) is 22.5. The summed E-state index contributed by atoms with van der Waals surface area (Å²) in [5.74, 6) is -2.19. The second kappa shape index (κ2) is 6.35. The Morgan fingerprint density at radius 2 is 1.70 bits per heavy atom. The van der Waals surface area contributed by atoms with Crippen LogP contribution in [0.4, 0.5) is 4.39 Å². The van der Waals surface area contributed by atoms with Gasteiger partial charge in [0.05, 0.1) is 18.4 Å². The van der Waals surface area contributed by atoms with Crippen molar-refractivity contribution < 1.29 is 18.8 Å². The molecule has 7 rings (SSSR count). The predicted octanol–water partition coefficient (Wildman–Crippen LogP) is 3.65. The molecule has 0 saturated carbocycles. The summed E-state index contributed by atoms with van der Waals surface area (Å²) in [7, 11) is 0. The van der Waals surface area contributed by atoms with Crippen molar-refractivity contribution >= 4 is 28.4 Å². The van der Waals surface area contributed by atoms with Crippen LogP contribution < -0.4 is 0 Å². The van der Waals surface area contributed by atoms with Crippen LogP contribution in [-0.2, 0) is 21.7 Å². The number of fused-ring (bicyclic) bond motifs is 6. The zero-order valence-corrected chi connectivity index (χ0v) is 17.8. The molecule has 3 aromatic rings. The van der Waals surface area contributed by atoms with Gasteiger partial charge < -0.3 is 0 Å². The average Bonchev–Trinajstić information content (AvgIpc) is 3.52. The molecule has 1 spiro atoms. The van der Waals surface area contributed by atoms with E-state index in [0.717, 1.165) is 29.2 Å². The molecule has 0 unspecified atom stereocenters. The van der Waals surface area contributed by atoms with Gasteiger partial charge in [0.25, 0.3) is 0 Å². The van der Waals surface area contributed by atoms with Crippen molar-refractivity contribution in [3.05, 3.63) is 83.2 Å². The van der Waals surface area contributed by atoms with Crippen molar-refractivity contribution in [2.24, 2.45) is 11.8 Å². The third-order valence-electron chi connectivity index (χ3n) is 8.22. The third-order valence-corrected chi connectivity index (χ3v) is 8.22. The number of benzene rings is 3. The molecular weight excluding hydrogens is 419 g/mol. The van der Waals surface area contributed by atoms with Crippen molar-refractivity contribution in [1.29, 1.82) is 0 Å². The van der Waals surface area contributed by atoms with Crippen molar-refractivity contribution in [3.63, 3.8) is 0 Å². The lowest BCUT2D eigenvalue weighted by atomic mass is 9.74. The molecule has 6 heteroatoms. The van der Waals surface area contributed by atoms with Gasteiger partial charge in [0.15, 0.2) is 5.78 Å². The normalized spacial score (nSPS) is 30.2. The van der Waals surface area contributed by atoms with E-state index in [1.54, 1.807) is 12.1 Å².